The van der Waals surface area contributed by atoms with Gasteiger partial charge in [-0.25, -0.2) is 9.97 Å². The number of allylic oxidation sites excluding steroid dienone is 1. The Morgan fingerprint density at radius 1 is 1.19 bits per heavy atom. The number of hydrogen-bond acceptors (Lipinski definition) is 6. The van der Waals surface area contributed by atoms with Gasteiger partial charge in [0.05, 0.1) is 24.1 Å². The van der Waals surface area contributed by atoms with E-state index in [4.69, 9.17) is 5.73 Å². The summed E-state index contributed by atoms with van der Waals surface area (Å²) in [5.41, 5.74) is 13.1. The molecule has 0 aromatic carbocycles. The van der Waals surface area contributed by atoms with Crippen LogP contribution in [0.4, 0.5) is 5.95 Å². The SMILES string of the molecule is CCc1cc(C2=CCc3ncc(-c4cnn(CCNC)c4)cc32)nc(N)n1. The molecule has 0 aliphatic heterocycles. The number of nitrogens with zero attached hydrogens (tertiary/aromatic N) is 5. The van der Waals surface area contributed by atoms with Gasteiger partial charge in [0, 0.05) is 53.3 Å². The molecule has 0 fully saturated rings. The maximum Gasteiger partial charge on any atom is 0.220 e. The van der Waals surface area contributed by atoms with Crippen molar-refractivity contribution in [2.45, 2.75) is 26.3 Å². The van der Waals surface area contributed by atoms with Gasteiger partial charge in [-0.15, -0.1) is 0 Å². The van der Waals surface area contributed by atoms with Gasteiger partial charge in [-0.2, -0.15) is 5.10 Å². The molecule has 138 valence electrons. The number of anilines is 1. The predicted octanol–water partition coefficient (Wildman–Crippen LogP) is 2.09. The molecule has 0 saturated heterocycles. The van der Waals surface area contributed by atoms with E-state index in [0.717, 1.165) is 65.3 Å². The van der Waals surface area contributed by atoms with Gasteiger partial charge in [0.2, 0.25) is 5.95 Å². The molecule has 3 heterocycles. The molecule has 4 rings (SSSR count). The van der Waals surface area contributed by atoms with Gasteiger partial charge in [0.15, 0.2) is 0 Å². The van der Waals surface area contributed by atoms with Crippen molar-refractivity contribution in [1.82, 2.24) is 30.0 Å². The van der Waals surface area contributed by atoms with Crippen LogP contribution in [0, 0.1) is 0 Å². The van der Waals surface area contributed by atoms with Crippen molar-refractivity contribution in [1.29, 1.82) is 0 Å². The summed E-state index contributed by atoms with van der Waals surface area (Å²) < 4.78 is 1.94. The fraction of sp³-hybridized carbons (Fsp3) is 0.300. The highest BCUT2D eigenvalue weighted by molar-refractivity contribution is 5.84. The molecule has 7 heteroatoms. The molecule has 0 saturated carbocycles. The number of likely N-dealkylation sites (N-methyl/N-ethyl adjacent to an activating group) is 1. The zero-order valence-corrected chi connectivity index (χ0v) is 15.6. The zero-order chi connectivity index (χ0) is 18.8. The van der Waals surface area contributed by atoms with Crippen molar-refractivity contribution in [2.75, 3.05) is 19.3 Å². The number of hydrogen-bond donors (Lipinski definition) is 2. The number of fused-ring (bicyclic) bond motifs is 1. The van der Waals surface area contributed by atoms with E-state index in [2.05, 4.69) is 50.6 Å². The van der Waals surface area contributed by atoms with E-state index in [1.165, 1.54) is 0 Å². The molecule has 0 atom stereocenters. The van der Waals surface area contributed by atoms with E-state index >= 15 is 0 Å². The standard InChI is InChI=1S/C20H23N7/c1-3-15-9-19(26-20(21)25-15)16-4-5-18-17(16)8-13(10-23-18)14-11-24-27(12-14)7-6-22-2/h4,8-12,22H,3,5-7H2,1-2H3,(H2,21,25,26). The number of pyridine rings is 1. The first kappa shape index (κ1) is 17.4. The van der Waals surface area contributed by atoms with Crippen LogP contribution in [0.5, 0.6) is 0 Å². The van der Waals surface area contributed by atoms with Gasteiger partial charge in [-0.1, -0.05) is 13.0 Å². The highest BCUT2D eigenvalue weighted by Gasteiger charge is 2.20. The van der Waals surface area contributed by atoms with E-state index < -0.39 is 0 Å². The molecular formula is C20H23N7. The van der Waals surface area contributed by atoms with Gasteiger partial charge in [0.25, 0.3) is 0 Å². The average molecular weight is 361 g/mol. The van der Waals surface area contributed by atoms with Crippen LogP contribution in [0.25, 0.3) is 16.7 Å². The Morgan fingerprint density at radius 2 is 2.07 bits per heavy atom. The second-order valence-corrected chi connectivity index (χ2v) is 6.59. The zero-order valence-electron chi connectivity index (χ0n) is 15.6. The van der Waals surface area contributed by atoms with Crippen molar-refractivity contribution in [3.8, 4) is 11.1 Å². The highest BCUT2D eigenvalue weighted by Crippen LogP contribution is 2.34. The minimum atomic E-state index is 0.314. The van der Waals surface area contributed by atoms with Crippen molar-refractivity contribution in [2.24, 2.45) is 0 Å². The second kappa shape index (κ2) is 7.28. The fourth-order valence-corrected chi connectivity index (χ4v) is 3.30. The summed E-state index contributed by atoms with van der Waals surface area (Å²) in [7, 11) is 1.94. The van der Waals surface area contributed by atoms with E-state index in [-0.39, 0.29) is 0 Å². The van der Waals surface area contributed by atoms with Gasteiger partial charge >= 0.3 is 0 Å². The van der Waals surface area contributed by atoms with Crippen LogP contribution in [0.15, 0.2) is 36.8 Å². The van der Waals surface area contributed by atoms with Crippen LogP contribution in [-0.2, 0) is 19.4 Å². The molecule has 7 nitrogen and oxygen atoms in total. The Morgan fingerprint density at radius 3 is 2.89 bits per heavy atom. The number of aryl methyl sites for hydroxylation is 1. The van der Waals surface area contributed by atoms with Crippen LogP contribution in [-0.4, -0.2) is 38.3 Å². The molecule has 0 unspecified atom stereocenters. The van der Waals surface area contributed by atoms with Gasteiger partial charge < -0.3 is 11.1 Å². The lowest BCUT2D eigenvalue weighted by Crippen LogP contribution is -2.14. The Balaban J connectivity index is 1.68. The topological polar surface area (TPSA) is 94.5 Å². The number of rotatable bonds is 6. The third-order valence-corrected chi connectivity index (χ3v) is 4.75. The number of aromatic nitrogens is 5. The normalized spacial score (nSPS) is 12.9. The lowest BCUT2D eigenvalue weighted by atomic mass is 10.0. The van der Waals surface area contributed by atoms with Crippen molar-refractivity contribution >= 4 is 11.5 Å². The smallest absolute Gasteiger partial charge is 0.220 e. The summed E-state index contributed by atoms with van der Waals surface area (Å²) in [6.07, 6.45) is 9.65. The van der Waals surface area contributed by atoms with E-state index in [1.54, 1.807) is 0 Å². The maximum atomic E-state index is 5.91. The molecule has 0 spiro atoms. The van der Waals surface area contributed by atoms with Gasteiger partial charge in [0.1, 0.15) is 0 Å². The van der Waals surface area contributed by atoms with Crippen LogP contribution in [0.2, 0.25) is 0 Å². The lowest BCUT2D eigenvalue weighted by molar-refractivity contribution is 0.585. The first-order chi connectivity index (χ1) is 13.2. The third kappa shape index (κ3) is 3.46. The molecule has 3 N–H and O–H groups in total. The summed E-state index contributed by atoms with van der Waals surface area (Å²) >= 11 is 0. The predicted molar refractivity (Wildman–Crippen MR) is 106 cm³/mol. The largest absolute Gasteiger partial charge is 0.368 e. The molecule has 3 aromatic rings. The average Bonchev–Trinajstić information content (AvgIpc) is 3.32. The Bertz CT molecular complexity index is 1000. The molecule has 0 radical (unpaired) electrons. The minimum Gasteiger partial charge on any atom is -0.368 e. The summed E-state index contributed by atoms with van der Waals surface area (Å²) in [5, 5.41) is 7.57. The molecule has 27 heavy (non-hydrogen) atoms. The lowest BCUT2D eigenvalue weighted by Gasteiger charge is -2.09. The Labute approximate surface area is 158 Å². The third-order valence-electron chi connectivity index (χ3n) is 4.75. The summed E-state index contributed by atoms with van der Waals surface area (Å²) in [5.74, 6) is 0.314. The summed E-state index contributed by atoms with van der Waals surface area (Å²) in [4.78, 5) is 13.4. The van der Waals surface area contributed by atoms with Crippen LogP contribution in [0.3, 0.4) is 0 Å². The van der Waals surface area contributed by atoms with Crippen LogP contribution in [0.1, 0.15) is 29.6 Å². The molecule has 0 bridgehead atoms. The van der Waals surface area contributed by atoms with E-state index in [0.29, 0.717) is 5.95 Å². The maximum absolute atomic E-state index is 5.91. The fourth-order valence-electron chi connectivity index (χ4n) is 3.30. The quantitative estimate of drug-likeness (QED) is 0.698. The molecule has 1 aliphatic rings. The van der Waals surface area contributed by atoms with Crippen molar-refractivity contribution in [3.05, 3.63) is 59.4 Å². The number of nitrogens with two attached hydrogens (primary N) is 1. The number of nitrogens with one attached hydrogen (secondary N) is 1. The minimum absolute atomic E-state index is 0.314. The van der Waals surface area contributed by atoms with Gasteiger partial charge in [-0.3, -0.25) is 9.67 Å². The second-order valence-electron chi connectivity index (χ2n) is 6.59. The molecule has 1 aliphatic carbocycles. The Hall–Kier alpha value is -3.06. The van der Waals surface area contributed by atoms with Crippen LogP contribution < -0.4 is 11.1 Å². The van der Waals surface area contributed by atoms with E-state index in [9.17, 15) is 0 Å². The Kier molecular flexibility index (Phi) is 4.68. The summed E-state index contributed by atoms with van der Waals surface area (Å²) in [6, 6.07) is 4.18. The first-order valence-electron chi connectivity index (χ1n) is 9.18. The van der Waals surface area contributed by atoms with Gasteiger partial charge in [-0.05, 0) is 25.6 Å². The summed E-state index contributed by atoms with van der Waals surface area (Å²) in [6.45, 7) is 3.78. The molecule has 0 amide bonds. The highest BCUT2D eigenvalue weighted by atomic mass is 15.3. The molecular weight excluding hydrogens is 338 g/mol. The van der Waals surface area contributed by atoms with Crippen molar-refractivity contribution < 1.29 is 0 Å². The number of nitrogen functional groups attached to an aromatic ring is 1. The monoisotopic (exact) mass is 361 g/mol. The van der Waals surface area contributed by atoms with Crippen molar-refractivity contribution in [3.63, 3.8) is 0 Å². The molecule has 3 aromatic heterocycles. The van der Waals surface area contributed by atoms with E-state index in [1.807, 2.05) is 30.2 Å². The first-order valence-corrected chi connectivity index (χ1v) is 9.18. The van der Waals surface area contributed by atoms with Crippen LogP contribution >= 0.6 is 0 Å².